The number of H-pyrrole nitrogens is 1. The van der Waals surface area contributed by atoms with E-state index in [1.54, 1.807) is 7.11 Å². The maximum absolute atomic E-state index is 5.83. The molecule has 2 aromatic carbocycles. The highest BCUT2D eigenvalue weighted by molar-refractivity contribution is 6.34. The topological polar surface area (TPSA) is 49.9 Å². The van der Waals surface area contributed by atoms with E-state index in [1.165, 1.54) is 34.1 Å². The zero-order chi connectivity index (χ0) is 18.1. The molecule has 1 saturated carbocycles. The second kappa shape index (κ2) is 5.41. The largest absolute Gasteiger partial charge is 0.497 e. The van der Waals surface area contributed by atoms with E-state index in [1.807, 2.05) is 6.20 Å². The van der Waals surface area contributed by atoms with E-state index in [9.17, 15) is 0 Å². The molecule has 6 rings (SSSR count). The molecule has 2 aliphatic carbocycles. The number of nitrogens with one attached hydrogen (secondary N) is 2. The smallest absolute Gasteiger partial charge is 0.144 e. The number of rotatable bonds is 2. The first-order valence-electron chi connectivity index (χ1n) is 9.80. The van der Waals surface area contributed by atoms with Crippen LogP contribution >= 0.6 is 0 Å². The molecule has 27 heavy (non-hydrogen) atoms. The Hall–Kier alpha value is -2.69. The lowest BCUT2D eigenvalue weighted by Crippen LogP contribution is -2.35. The third-order valence-corrected chi connectivity index (χ3v) is 7.00. The maximum Gasteiger partial charge on any atom is 0.144 e. The first kappa shape index (κ1) is 15.4. The highest BCUT2D eigenvalue weighted by atomic mass is 16.5. The summed E-state index contributed by atoms with van der Waals surface area (Å²) in [6.07, 6.45) is 8.15. The van der Waals surface area contributed by atoms with Crippen LogP contribution in [-0.2, 0) is 0 Å². The number of aromatic amines is 1. The van der Waals surface area contributed by atoms with E-state index >= 15 is 0 Å². The Labute approximate surface area is 159 Å². The van der Waals surface area contributed by atoms with Crippen LogP contribution in [0.3, 0.4) is 0 Å². The van der Waals surface area contributed by atoms with Gasteiger partial charge in [0.05, 0.1) is 24.9 Å². The number of aromatic nitrogens is 2. The molecule has 0 radical (unpaired) electrons. The van der Waals surface area contributed by atoms with Crippen molar-refractivity contribution >= 4 is 29.9 Å². The average molecular weight is 355 g/mol. The van der Waals surface area contributed by atoms with Gasteiger partial charge in [-0.25, -0.2) is 0 Å². The summed E-state index contributed by atoms with van der Waals surface area (Å²) in [4.78, 5) is 0. The zero-order valence-electron chi connectivity index (χ0n) is 15.6. The van der Waals surface area contributed by atoms with E-state index in [0.717, 1.165) is 11.3 Å². The summed E-state index contributed by atoms with van der Waals surface area (Å²) in [6, 6.07) is 11.1. The van der Waals surface area contributed by atoms with Gasteiger partial charge in [-0.15, -0.1) is 0 Å². The monoisotopic (exact) mass is 355 g/mol. The molecular formula is C22H22BN3O. The van der Waals surface area contributed by atoms with E-state index in [4.69, 9.17) is 4.74 Å². The van der Waals surface area contributed by atoms with Gasteiger partial charge < -0.3 is 10.1 Å². The molecule has 2 bridgehead atoms. The van der Waals surface area contributed by atoms with E-state index in [-0.39, 0.29) is 6.04 Å². The highest BCUT2D eigenvalue weighted by Gasteiger charge is 2.52. The van der Waals surface area contributed by atoms with Crippen LogP contribution in [0.2, 0.25) is 0 Å². The highest BCUT2D eigenvalue weighted by Crippen LogP contribution is 2.62. The zero-order valence-corrected chi connectivity index (χ0v) is 15.6. The lowest BCUT2D eigenvalue weighted by atomic mass is 9.69. The molecule has 3 aliphatic rings. The first-order valence-corrected chi connectivity index (χ1v) is 9.80. The van der Waals surface area contributed by atoms with Gasteiger partial charge in [-0.1, -0.05) is 30.4 Å². The van der Waals surface area contributed by atoms with Gasteiger partial charge >= 0.3 is 0 Å². The third-order valence-electron chi connectivity index (χ3n) is 7.00. The van der Waals surface area contributed by atoms with E-state index < -0.39 is 0 Å². The van der Waals surface area contributed by atoms with Gasteiger partial charge in [0, 0.05) is 16.6 Å². The molecule has 4 nitrogen and oxygen atoms in total. The first-order chi connectivity index (χ1) is 13.3. The molecule has 0 amide bonds. The van der Waals surface area contributed by atoms with Gasteiger partial charge in [-0.3, -0.25) is 5.10 Å². The summed E-state index contributed by atoms with van der Waals surface area (Å²) in [5.74, 6) is 3.35. The number of allylic oxidation sites excluding steroid dienone is 2. The van der Waals surface area contributed by atoms with Crippen molar-refractivity contribution in [1.82, 2.24) is 10.2 Å². The van der Waals surface area contributed by atoms with Crippen molar-refractivity contribution in [2.75, 3.05) is 12.4 Å². The summed E-state index contributed by atoms with van der Waals surface area (Å²) < 4.78 is 5.83. The molecule has 0 spiro atoms. The predicted molar refractivity (Wildman–Crippen MR) is 111 cm³/mol. The molecule has 5 atom stereocenters. The molecule has 1 aromatic heterocycles. The van der Waals surface area contributed by atoms with Crippen LogP contribution in [-0.4, -0.2) is 25.2 Å². The second-order valence-electron chi connectivity index (χ2n) is 8.23. The normalized spacial score (nSPS) is 30.2. The van der Waals surface area contributed by atoms with Gasteiger partial charge in [-0.05, 0) is 53.3 Å². The summed E-state index contributed by atoms with van der Waals surface area (Å²) in [5.41, 5.74) is 6.31. The van der Waals surface area contributed by atoms with Crippen molar-refractivity contribution in [3.8, 4) is 5.75 Å². The fraction of sp³-hybridized carbons (Fsp3) is 0.318. The Morgan fingerprint density at radius 2 is 2.04 bits per heavy atom. The molecule has 134 valence electrons. The van der Waals surface area contributed by atoms with Crippen LogP contribution in [0.25, 0.3) is 10.9 Å². The second-order valence-corrected chi connectivity index (χ2v) is 8.23. The Balaban J connectivity index is 1.58. The Morgan fingerprint density at radius 1 is 1.15 bits per heavy atom. The number of fused-ring (bicyclic) bond motifs is 9. The minimum absolute atomic E-state index is 0.265. The van der Waals surface area contributed by atoms with Crippen molar-refractivity contribution in [3.05, 3.63) is 59.8 Å². The summed E-state index contributed by atoms with van der Waals surface area (Å²) in [6.45, 7) is 0. The molecule has 1 fully saturated rings. The lowest BCUT2D eigenvalue weighted by molar-refractivity contribution is 0.324. The minimum atomic E-state index is 0.265. The number of ether oxygens (including phenoxy) is 1. The van der Waals surface area contributed by atoms with Gasteiger partial charge in [-0.2, -0.15) is 5.10 Å². The predicted octanol–water partition coefficient (Wildman–Crippen LogP) is 2.90. The third kappa shape index (κ3) is 1.97. The number of hydrogen-bond donors (Lipinski definition) is 2. The van der Waals surface area contributed by atoms with E-state index in [0.29, 0.717) is 23.7 Å². The summed E-state index contributed by atoms with van der Waals surface area (Å²) in [7, 11) is 3.92. The SMILES string of the molecule is Bc1cccc([C@@H]2Nc3ccc4[nH]ncc4c3C3C2[C@H]2C=C[C@@H]3C2)c1OC. The van der Waals surface area contributed by atoms with Gasteiger partial charge in [0.2, 0.25) is 0 Å². The van der Waals surface area contributed by atoms with Crippen LogP contribution < -0.4 is 15.5 Å². The number of nitrogens with zero attached hydrogens (tertiary/aromatic N) is 1. The molecule has 2 unspecified atom stereocenters. The van der Waals surface area contributed by atoms with E-state index in [2.05, 4.69) is 65.8 Å². The summed E-state index contributed by atoms with van der Waals surface area (Å²) >= 11 is 0. The molecular weight excluding hydrogens is 333 g/mol. The molecule has 2 N–H and O–H groups in total. The Morgan fingerprint density at radius 3 is 2.93 bits per heavy atom. The van der Waals surface area contributed by atoms with Gasteiger partial charge in [0.1, 0.15) is 13.6 Å². The lowest BCUT2D eigenvalue weighted by Gasteiger charge is -2.42. The van der Waals surface area contributed by atoms with Gasteiger partial charge in [0.25, 0.3) is 0 Å². The van der Waals surface area contributed by atoms with Crippen molar-refractivity contribution in [2.45, 2.75) is 18.4 Å². The molecule has 3 aromatic rings. The molecule has 1 aliphatic heterocycles. The quantitative estimate of drug-likeness (QED) is 0.549. The molecule has 5 heteroatoms. The van der Waals surface area contributed by atoms with Crippen LogP contribution in [0.5, 0.6) is 5.75 Å². The van der Waals surface area contributed by atoms with Crippen molar-refractivity contribution in [2.24, 2.45) is 17.8 Å². The van der Waals surface area contributed by atoms with Crippen LogP contribution in [0, 0.1) is 17.8 Å². The minimum Gasteiger partial charge on any atom is -0.497 e. The number of hydrogen-bond acceptors (Lipinski definition) is 3. The van der Waals surface area contributed by atoms with Crippen LogP contribution in [0.4, 0.5) is 5.69 Å². The van der Waals surface area contributed by atoms with Gasteiger partial charge in [0.15, 0.2) is 0 Å². The van der Waals surface area contributed by atoms with Crippen molar-refractivity contribution < 1.29 is 4.74 Å². The van der Waals surface area contributed by atoms with Crippen molar-refractivity contribution in [3.63, 3.8) is 0 Å². The maximum atomic E-state index is 5.83. The standard InChI is InChI=1S/C22H22BN3O/c1-27-22-13(3-2-4-15(22)23)21-19-12-6-5-11(9-12)18(19)20-14-10-24-26-16(14)7-8-17(20)25-21/h2-8,10-12,18-19,21,25H,9,23H2,1H3,(H,24,26)/t11-,12+,18?,19?,21+/m1/s1. The number of benzene rings is 2. The van der Waals surface area contributed by atoms with Crippen LogP contribution in [0.1, 0.15) is 29.5 Å². The number of para-hydroxylation sites is 1. The molecule has 0 saturated heterocycles. The average Bonchev–Trinajstić information content (AvgIpc) is 3.42. The number of anilines is 1. The van der Waals surface area contributed by atoms with Crippen molar-refractivity contribution in [1.29, 1.82) is 0 Å². The Bertz CT molecular complexity index is 1090. The van der Waals surface area contributed by atoms with Crippen LogP contribution in [0.15, 0.2) is 48.7 Å². The fourth-order valence-corrected chi connectivity index (χ4v) is 5.99. The Kier molecular flexibility index (Phi) is 3.08. The summed E-state index contributed by atoms with van der Waals surface area (Å²) in [5, 5.41) is 12.6. The number of methoxy groups -OCH3 is 1. The molecule has 2 heterocycles. The fourth-order valence-electron chi connectivity index (χ4n) is 5.99.